The fourth-order valence-corrected chi connectivity index (χ4v) is 1.66. The molecule has 7 heavy (non-hydrogen) atoms. The molecular formula is C4H12ClNSi. The van der Waals surface area contributed by atoms with Crippen molar-refractivity contribution < 1.29 is 0 Å². The van der Waals surface area contributed by atoms with E-state index in [9.17, 15) is 0 Å². The van der Waals surface area contributed by atoms with Crippen LogP contribution in [0.5, 0.6) is 0 Å². The average molecular weight is 138 g/mol. The third kappa shape index (κ3) is 6.47. The third-order valence-electron chi connectivity index (χ3n) is 0.597. The predicted octanol–water partition coefficient (Wildman–Crippen LogP) is 1.54. The Labute approximate surface area is 50.9 Å². The third-order valence-corrected chi connectivity index (χ3v) is 2.19. The van der Waals surface area contributed by atoms with Gasteiger partial charge < -0.3 is 4.98 Å². The van der Waals surface area contributed by atoms with E-state index in [0.29, 0.717) is 0 Å². The number of hydrogen-bond acceptors (Lipinski definition) is 1. The summed E-state index contributed by atoms with van der Waals surface area (Å²) in [5.41, 5.74) is 0. The van der Waals surface area contributed by atoms with Crippen LogP contribution in [0.25, 0.3) is 0 Å². The van der Waals surface area contributed by atoms with E-state index >= 15 is 0 Å². The van der Waals surface area contributed by atoms with Crippen LogP contribution < -0.4 is 4.98 Å². The van der Waals surface area contributed by atoms with Gasteiger partial charge in [-0.15, -0.1) is 11.1 Å². The Balaban J connectivity index is 3.15. The SMILES string of the molecule is CCN[Si](C)(C)Cl. The second-order valence-corrected chi connectivity index (χ2v) is 8.14. The van der Waals surface area contributed by atoms with Crippen LogP contribution in [0.15, 0.2) is 0 Å². The lowest BCUT2D eigenvalue weighted by Gasteiger charge is -2.11. The highest BCUT2D eigenvalue weighted by molar-refractivity contribution is 7.17. The minimum Gasteiger partial charge on any atom is -0.326 e. The molecule has 0 saturated carbocycles. The molecule has 3 heteroatoms. The van der Waals surface area contributed by atoms with Gasteiger partial charge in [-0.05, 0) is 19.6 Å². The number of halogens is 1. The van der Waals surface area contributed by atoms with Crippen LogP contribution in [0.3, 0.4) is 0 Å². The summed E-state index contributed by atoms with van der Waals surface area (Å²) in [6.45, 7) is 7.19. The fraction of sp³-hybridized carbons (Fsp3) is 1.00. The molecule has 0 bridgehead atoms. The maximum absolute atomic E-state index is 5.86. The van der Waals surface area contributed by atoms with Crippen LogP contribution in [-0.4, -0.2) is 14.1 Å². The lowest BCUT2D eigenvalue weighted by atomic mass is 10.8. The van der Waals surface area contributed by atoms with Crippen molar-refractivity contribution in [1.29, 1.82) is 0 Å². The van der Waals surface area contributed by atoms with Gasteiger partial charge in [-0.1, -0.05) is 6.92 Å². The first-order valence-corrected chi connectivity index (χ1v) is 6.51. The monoisotopic (exact) mass is 137 g/mol. The summed E-state index contributed by atoms with van der Waals surface area (Å²) in [4.78, 5) is 3.19. The van der Waals surface area contributed by atoms with Crippen LogP contribution in [-0.2, 0) is 0 Å². The highest BCUT2D eigenvalue weighted by Gasteiger charge is 2.13. The number of hydrogen-bond donors (Lipinski definition) is 1. The second-order valence-electron chi connectivity index (χ2n) is 2.00. The van der Waals surface area contributed by atoms with Gasteiger partial charge in [-0.3, -0.25) is 0 Å². The number of rotatable bonds is 2. The summed E-state index contributed by atoms with van der Waals surface area (Å²) in [7, 11) is -1.43. The van der Waals surface area contributed by atoms with Gasteiger partial charge in [0, 0.05) is 0 Å². The summed E-state index contributed by atoms with van der Waals surface area (Å²) in [5.74, 6) is 0. The second kappa shape index (κ2) is 2.70. The molecule has 0 aromatic heterocycles. The Hall–Kier alpha value is 0.467. The van der Waals surface area contributed by atoms with Crippen LogP contribution >= 0.6 is 11.1 Å². The fourth-order valence-electron chi connectivity index (χ4n) is 0.420. The molecule has 0 aromatic carbocycles. The molecule has 1 N–H and O–H groups in total. The Morgan fingerprint density at radius 2 is 2.00 bits per heavy atom. The van der Waals surface area contributed by atoms with Crippen molar-refractivity contribution >= 4 is 18.6 Å². The van der Waals surface area contributed by atoms with Crippen LogP contribution in [0.4, 0.5) is 0 Å². The van der Waals surface area contributed by atoms with E-state index < -0.39 is 7.55 Å². The Bertz CT molecular complexity index is 50.1. The molecular weight excluding hydrogens is 126 g/mol. The van der Waals surface area contributed by atoms with Gasteiger partial charge in [0.15, 0.2) is 0 Å². The summed E-state index contributed by atoms with van der Waals surface area (Å²) in [6.07, 6.45) is 0. The first-order chi connectivity index (χ1) is 3.06. The highest BCUT2D eigenvalue weighted by Crippen LogP contribution is 1.99. The topological polar surface area (TPSA) is 12.0 Å². The molecule has 0 aliphatic rings. The molecule has 0 rings (SSSR count). The van der Waals surface area contributed by atoms with Crippen molar-refractivity contribution in [2.24, 2.45) is 0 Å². The van der Waals surface area contributed by atoms with Gasteiger partial charge >= 0.3 is 0 Å². The summed E-state index contributed by atoms with van der Waals surface area (Å²) < 4.78 is 0. The Kier molecular flexibility index (Phi) is 2.88. The lowest BCUT2D eigenvalue weighted by Crippen LogP contribution is -2.38. The first kappa shape index (κ1) is 7.47. The van der Waals surface area contributed by atoms with E-state index in [2.05, 4.69) is 25.0 Å². The van der Waals surface area contributed by atoms with Gasteiger partial charge in [0.2, 0.25) is 7.55 Å². The Morgan fingerprint density at radius 3 is 2.00 bits per heavy atom. The van der Waals surface area contributed by atoms with Crippen LogP contribution in [0, 0.1) is 0 Å². The van der Waals surface area contributed by atoms with Crippen LogP contribution in [0.1, 0.15) is 6.92 Å². The van der Waals surface area contributed by atoms with Crippen molar-refractivity contribution in [2.45, 2.75) is 20.0 Å². The molecule has 1 nitrogen and oxygen atoms in total. The van der Waals surface area contributed by atoms with E-state index in [1.807, 2.05) is 0 Å². The van der Waals surface area contributed by atoms with Gasteiger partial charge in [0.1, 0.15) is 0 Å². The first-order valence-electron chi connectivity index (χ1n) is 2.50. The largest absolute Gasteiger partial charge is 0.326 e. The van der Waals surface area contributed by atoms with E-state index in [0.717, 1.165) is 6.54 Å². The zero-order valence-electron chi connectivity index (χ0n) is 5.09. The van der Waals surface area contributed by atoms with Crippen molar-refractivity contribution in [3.63, 3.8) is 0 Å². The molecule has 0 unspecified atom stereocenters. The maximum Gasteiger partial charge on any atom is 0.220 e. The zero-order valence-corrected chi connectivity index (χ0v) is 6.84. The lowest BCUT2D eigenvalue weighted by molar-refractivity contribution is 0.982. The molecule has 0 atom stereocenters. The molecule has 0 amide bonds. The molecule has 0 aromatic rings. The standard InChI is InChI=1S/C4H12ClNSi/c1-4-6-7(2,3)5/h6H,4H2,1-3H3. The molecule has 0 radical (unpaired) electrons. The maximum atomic E-state index is 5.86. The van der Waals surface area contributed by atoms with E-state index in [4.69, 9.17) is 11.1 Å². The molecule has 44 valence electrons. The molecule has 0 fully saturated rings. The van der Waals surface area contributed by atoms with Crippen LogP contribution in [0.2, 0.25) is 13.1 Å². The van der Waals surface area contributed by atoms with E-state index in [1.165, 1.54) is 0 Å². The predicted molar refractivity (Wildman–Crippen MR) is 37.0 cm³/mol. The van der Waals surface area contributed by atoms with Gasteiger partial charge in [-0.25, -0.2) is 0 Å². The van der Waals surface area contributed by atoms with E-state index in [-0.39, 0.29) is 0 Å². The summed E-state index contributed by atoms with van der Waals surface area (Å²) in [6, 6.07) is 0. The average Bonchev–Trinajstić information content (AvgIpc) is 1.30. The van der Waals surface area contributed by atoms with E-state index in [1.54, 1.807) is 0 Å². The number of nitrogens with one attached hydrogen (secondary N) is 1. The van der Waals surface area contributed by atoms with Crippen molar-refractivity contribution in [3.8, 4) is 0 Å². The zero-order chi connectivity index (χ0) is 5.91. The van der Waals surface area contributed by atoms with Crippen molar-refractivity contribution in [3.05, 3.63) is 0 Å². The molecule has 0 aliphatic carbocycles. The molecule has 0 aliphatic heterocycles. The summed E-state index contributed by atoms with van der Waals surface area (Å²) in [5, 5.41) is 0. The summed E-state index contributed by atoms with van der Waals surface area (Å²) >= 11 is 5.86. The normalized spacial score (nSPS) is 12.0. The van der Waals surface area contributed by atoms with Crippen molar-refractivity contribution in [1.82, 2.24) is 4.98 Å². The molecule has 0 heterocycles. The Morgan fingerprint density at radius 1 is 1.57 bits per heavy atom. The minimum atomic E-state index is -1.43. The van der Waals surface area contributed by atoms with Crippen molar-refractivity contribution in [2.75, 3.05) is 6.54 Å². The molecule has 0 saturated heterocycles. The van der Waals surface area contributed by atoms with Gasteiger partial charge in [0.05, 0.1) is 0 Å². The highest BCUT2D eigenvalue weighted by atomic mass is 35.6. The smallest absolute Gasteiger partial charge is 0.220 e. The quantitative estimate of drug-likeness (QED) is 0.450. The molecule has 0 spiro atoms. The minimum absolute atomic E-state index is 0.989. The van der Waals surface area contributed by atoms with Gasteiger partial charge in [0.25, 0.3) is 0 Å². The van der Waals surface area contributed by atoms with Gasteiger partial charge in [-0.2, -0.15) is 0 Å².